The SMILES string of the molecule is COc1ccc([C@H](Cc2c(Cl)c[nH+]cc2Cl)OC(=O)c2ccc(CNCC(C)(C(=O)O[C@H]3CN4CCC3CC4)c3ccccc3)s2)cc1OC. The van der Waals surface area contributed by atoms with E-state index in [0.29, 0.717) is 56.6 Å². The van der Waals surface area contributed by atoms with E-state index in [0.717, 1.165) is 42.9 Å². The number of carbonyl (C=O) groups is 2. The number of H-pyrrole nitrogens is 1. The molecule has 0 spiro atoms. The van der Waals surface area contributed by atoms with Crippen LogP contribution in [0.1, 0.15) is 57.1 Å². The maximum Gasteiger partial charge on any atom is 0.348 e. The highest BCUT2D eigenvalue weighted by atomic mass is 35.5. The second kappa shape index (κ2) is 16.1. The number of thiophene rings is 1. The number of pyridine rings is 1. The number of hydrogen-bond donors (Lipinski definition) is 1. The zero-order valence-electron chi connectivity index (χ0n) is 28.4. The van der Waals surface area contributed by atoms with Crippen LogP contribution in [0.3, 0.4) is 0 Å². The van der Waals surface area contributed by atoms with Crippen LogP contribution in [-0.2, 0) is 32.6 Å². The summed E-state index contributed by atoms with van der Waals surface area (Å²) in [5, 5.41) is 4.33. The van der Waals surface area contributed by atoms with Gasteiger partial charge in [0.25, 0.3) is 0 Å². The van der Waals surface area contributed by atoms with E-state index in [1.54, 1.807) is 44.8 Å². The van der Waals surface area contributed by atoms with Crippen molar-refractivity contribution in [2.75, 3.05) is 40.4 Å². The van der Waals surface area contributed by atoms with E-state index in [4.69, 9.17) is 42.1 Å². The summed E-state index contributed by atoms with van der Waals surface area (Å²) in [5.41, 5.74) is 1.34. The van der Waals surface area contributed by atoms with E-state index >= 15 is 0 Å². The lowest BCUT2D eigenvalue weighted by atomic mass is 9.81. The summed E-state index contributed by atoms with van der Waals surface area (Å²) >= 11 is 14.3. The Hall–Kier alpha value is -3.67. The number of hydrogen-bond acceptors (Lipinski definition) is 9. The molecule has 0 amide bonds. The Morgan fingerprint density at radius 3 is 2.38 bits per heavy atom. The number of carbonyl (C=O) groups excluding carboxylic acids is 2. The van der Waals surface area contributed by atoms with Gasteiger partial charge in [0, 0.05) is 36.5 Å². The molecule has 3 atom stereocenters. The monoisotopic (exact) mass is 738 g/mol. The number of nitrogens with zero attached hydrogens (tertiary/aromatic N) is 1. The Morgan fingerprint density at radius 1 is 1.00 bits per heavy atom. The smallest absolute Gasteiger partial charge is 0.348 e. The number of esters is 2. The van der Waals surface area contributed by atoms with Crippen molar-refractivity contribution in [1.29, 1.82) is 0 Å². The van der Waals surface area contributed by atoms with Gasteiger partial charge < -0.3 is 24.3 Å². The molecule has 0 saturated carbocycles. The number of aromatic nitrogens is 1. The van der Waals surface area contributed by atoms with Crippen molar-refractivity contribution in [1.82, 2.24) is 10.2 Å². The van der Waals surface area contributed by atoms with Crippen LogP contribution in [0.15, 0.2) is 73.1 Å². The maximum absolute atomic E-state index is 13.8. The predicted molar refractivity (Wildman–Crippen MR) is 193 cm³/mol. The zero-order valence-corrected chi connectivity index (χ0v) is 30.7. The third-order valence-electron chi connectivity index (χ3n) is 9.77. The van der Waals surface area contributed by atoms with Gasteiger partial charge in [0.15, 0.2) is 23.9 Å². The highest BCUT2D eigenvalue weighted by Crippen LogP contribution is 2.36. The lowest BCUT2D eigenvalue weighted by Gasteiger charge is -2.45. The van der Waals surface area contributed by atoms with E-state index in [1.165, 1.54) is 11.3 Å². The average molecular weight is 740 g/mol. The van der Waals surface area contributed by atoms with Gasteiger partial charge in [-0.15, -0.1) is 11.3 Å². The lowest BCUT2D eigenvalue weighted by molar-refractivity contribution is -0.377. The minimum atomic E-state index is -0.892. The Morgan fingerprint density at radius 2 is 1.72 bits per heavy atom. The molecule has 1 unspecified atom stereocenters. The fraction of sp³-hybridized carbons (Fsp3) is 0.395. The van der Waals surface area contributed by atoms with Crippen molar-refractivity contribution in [3.63, 3.8) is 0 Å². The number of benzene rings is 2. The molecule has 3 saturated heterocycles. The van der Waals surface area contributed by atoms with Crippen LogP contribution in [0.25, 0.3) is 0 Å². The maximum atomic E-state index is 13.8. The van der Waals surface area contributed by atoms with Gasteiger partial charge in [-0.3, -0.25) is 9.69 Å². The van der Waals surface area contributed by atoms with Gasteiger partial charge in [-0.1, -0.05) is 59.6 Å². The fourth-order valence-corrected chi connectivity index (χ4v) is 8.15. The molecule has 0 aliphatic carbocycles. The molecular formula is C38H42Cl2N3O6S+. The average Bonchev–Trinajstić information content (AvgIpc) is 3.62. The standard InChI is InChI=1S/C38H41Cl2N3O6S/c1-38(26-7-5-4-6-8-26,37(45)49-34-22-43-15-13-24(34)14-16-43)23-42-19-27-10-12-35(50-27)36(44)48-32(18-28-29(39)20-41-21-30(28)40)25-9-11-31(46-2)33(17-25)47-3/h4-12,17,20-21,24,32,34,42H,13-16,18-19,22-23H2,1-3H3/p+1/t32-,34-,38?/m0/s1. The number of ether oxygens (including phenoxy) is 4. The van der Waals surface area contributed by atoms with E-state index < -0.39 is 17.5 Å². The summed E-state index contributed by atoms with van der Waals surface area (Å²) in [4.78, 5) is 34.1. The van der Waals surface area contributed by atoms with Gasteiger partial charge in [0.05, 0.1) is 14.2 Å². The highest BCUT2D eigenvalue weighted by Gasteiger charge is 2.42. The summed E-state index contributed by atoms with van der Waals surface area (Å²) < 4.78 is 23.3. The van der Waals surface area contributed by atoms with Gasteiger partial charge in [-0.25, -0.2) is 9.78 Å². The lowest BCUT2D eigenvalue weighted by Crippen LogP contribution is -2.54. The third-order valence-corrected chi connectivity index (χ3v) is 11.5. The summed E-state index contributed by atoms with van der Waals surface area (Å²) in [5.74, 6) is 0.781. The molecule has 4 aromatic rings. The van der Waals surface area contributed by atoms with Crippen LogP contribution >= 0.6 is 34.5 Å². The molecule has 2 aromatic carbocycles. The predicted octanol–water partition coefficient (Wildman–Crippen LogP) is 6.71. The zero-order chi connectivity index (χ0) is 35.3. The second-order valence-electron chi connectivity index (χ2n) is 13.0. The van der Waals surface area contributed by atoms with Crippen LogP contribution in [-0.4, -0.2) is 63.3 Å². The topological polar surface area (TPSA) is 100 Å². The number of piperidine rings is 3. The molecule has 3 aliphatic rings. The van der Waals surface area contributed by atoms with Crippen molar-refractivity contribution >= 4 is 46.5 Å². The Labute approximate surface area is 306 Å². The first-order valence-electron chi connectivity index (χ1n) is 16.7. The van der Waals surface area contributed by atoms with E-state index in [-0.39, 0.29) is 18.5 Å². The van der Waals surface area contributed by atoms with E-state index in [9.17, 15) is 9.59 Å². The van der Waals surface area contributed by atoms with Crippen LogP contribution in [0.4, 0.5) is 0 Å². The van der Waals surface area contributed by atoms with E-state index in [1.807, 2.05) is 49.4 Å². The van der Waals surface area contributed by atoms with Gasteiger partial charge in [-0.2, -0.15) is 0 Å². The largest absolute Gasteiger partial charge is 0.493 e. The van der Waals surface area contributed by atoms with Crippen molar-refractivity contribution in [3.8, 4) is 11.5 Å². The van der Waals surface area contributed by atoms with Crippen LogP contribution < -0.4 is 19.8 Å². The van der Waals surface area contributed by atoms with Crippen LogP contribution in [0, 0.1) is 5.92 Å². The summed E-state index contributed by atoms with van der Waals surface area (Å²) in [6.07, 6.45) is 4.85. The third kappa shape index (κ3) is 8.11. The van der Waals surface area contributed by atoms with Gasteiger partial charge in [0.1, 0.15) is 32.5 Å². The van der Waals surface area contributed by atoms with Crippen LogP contribution in [0.5, 0.6) is 11.5 Å². The minimum absolute atomic E-state index is 0.0750. The number of fused-ring (bicyclic) bond motifs is 3. The van der Waals surface area contributed by atoms with Crippen molar-refractivity contribution < 1.29 is 33.5 Å². The number of halogens is 2. The first-order chi connectivity index (χ1) is 24.2. The minimum Gasteiger partial charge on any atom is -0.493 e. The Bertz CT molecular complexity index is 1780. The molecule has 12 heteroatoms. The van der Waals surface area contributed by atoms with Crippen molar-refractivity contribution in [2.24, 2.45) is 5.92 Å². The quantitative estimate of drug-likeness (QED) is 0.143. The molecule has 3 fully saturated rings. The Kier molecular flexibility index (Phi) is 11.7. The number of rotatable bonds is 14. The molecule has 50 heavy (non-hydrogen) atoms. The fourth-order valence-electron chi connectivity index (χ4n) is 6.75. The number of aromatic amines is 1. The van der Waals surface area contributed by atoms with Crippen LogP contribution in [0.2, 0.25) is 10.0 Å². The molecule has 9 nitrogen and oxygen atoms in total. The first kappa shape index (κ1) is 36.1. The molecular weight excluding hydrogens is 697 g/mol. The second-order valence-corrected chi connectivity index (χ2v) is 15.0. The molecule has 5 heterocycles. The van der Waals surface area contributed by atoms with E-state index in [2.05, 4.69) is 15.2 Å². The molecule has 7 rings (SSSR count). The highest BCUT2D eigenvalue weighted by molar-refractivity contribution is 7.13. The summed E-state index contributed by atoms with van der Waals surface area (Å²) in [6.45, 7) is 5.73. The number of nitrogens with one attached hydrogen (secondary N) is 2. The summed E-state index contributed by atoms with van der Waals surface area (Å²) in [7, 11) is 3.11. The Balaban J connectivity index is 1.14. The number of methoxy groups -OCH3 is 2. The normalized spacial score (nSPS) is 20.1. The molecule has 3 aliphatic heterocycles. The molecule has 2 N–H and O–H groups in total. The van der Waals surface area contributed by atoms with Gasteiger partial charge in [-0.05, 0) is 74.2 Å². The van der Waals surface area contributed by atoms with Crippen molar-refractivity contribution in [3.05, 3.63) is 110 Å². The molecule has 264 valence electrons. The summed E-state index contributed by atoms with van der Waals surface area (Å²) in [6, 6.07) is 18.8. The molecule has 2 aromatic heterocycles. The van der Waals surface area contributed by atoms with Gasteiger partial charge >= 0.3 is 11.9 Å². The van der Waals surface area contributed by atoms with Crippen molar-refractivity contribution in [2.45, 2.75) is 50.4 Å². The molecule has 0 radical (unpaired) electrons. The first-order valence-corrected chi connectivity index (χ1v) is 18.3. The molecule has 2 bridgehead atoms. The van der Waals surface area contributed by atoms with Gasteiger partial charge in [0.2, 0.25) is 0 Å².